The number of nitrogens with zero attached hydrogens (tertiary/aromatic N) is 2. The topological polar surface area (TPSA) is 47.0 Å². The third-order valence-corrected chi connectivity index (χ3v) is 2.71. The molecule has 0 saturated carbocycles. The van der Waals surface area contributed by atoms with Crippen molar-refractivity contribution < 1.29 is 4.74 Å². The van der Waals surface area contributed by atoms with Crippen LogP contribution >= 0.6 is 11.6 Å². The third-order valence-electron chi connectivity index (χ3n) is 2.52. The molecule has 0 radical (unpaired) electrons. The molecule has 82 valence electrons. The average molecular weight is 228 g/mol. The van der Waals surface area contributed by atoms with Gasteiger partial charge in [-0.05, 0) is 31.8 Å². The smallest absolute Gasteiger partial charge is 0.316 e. The van der Waals surface area contributed by atoms with Crippen molar-refractivity contribution in [3.05, 3.63) is 17.4 Å². The molecule has 0 aromatic carbocycles. The molecule has 1 aromatic rings. The zero-order valence-electron chi connectivity index (χ0n) is 8.45. The minimum atomic E-state index is 0.408. The number of hydrogen-bond acceptors (Lipinski definition) is 4. The van der Waals surface area contributed by atoms with Gasteiger partial charge < -0.3 is 10.1 Å². The summed E-state index contributed by atoms with van der Waals surface area (Å²) in [5.74, 6) is 0.734. The standard InChI is InChI=1S/C10H14ClN3O/c11-9-6-13-10(14-7-9)15-4-2-8-1-3-12-5-8/h6-8,12H,1-5H2. The SMILES string of the molecule is Clc1cnc(OCCC2CCNC2)nc1. The molecule has 4 nitrogen and oxygen atoms in total. The molecule has 5 heteroatoms. The van der Waals surface area contributed by atoms with Gasteiger partial charge >= 0.3 is 6.01 Å². The Morgan fingerprint density at radius 2 is 2.27 bits per heavy atom. The Kier molecular flexibility index (Phi) is 3.75. The first-order valence-electron chi connectivity index (χ1n) is 5.15. The van der Waals surface area contributed by atoms with Crippen LogP contribution in [0.25, 0.3) is 0 Å². The molecular formula is C10H14ClN3O. The number of rotatable bonds is 4. The molecule has 1 saturated heterocycles. The lowest BCUT2D eigenvalue weighted by Crippen LogP contribution is -2.12. The summed E-state index contributed by atoms with van der Waals surface area (Å²) >= 11 is 5.66. The van der Waals surface area contributed by atoms with Crippen molar-refractivity contribution in [3.8, 4) is 6.01 Å². The van der Waals surface area contributed by atoms with Crippen molar-refractivity contribution in [2.45, 2.75) is 12.8 Å². The van der Waals surface area contributed by atoms with Gasteiger partial charge in [-0.25, -0.2) is 9.97 Å². The molecule has 2 heterocycles. The molecule has 1 N–H and O–H groups in total. The summed E-state index contributed by atoms with van der Waals surface area (Å²) in [6, 6.07) is 0.408. The summed E-state index contributed by atoms with van der Waals surface area (Å²) in [7, 11) is 0. The fraction of sp³-hybridized carbons (Fsp3) is 0.600. The summed E-state index contributed by atoms with van der Waals surface area (Å²) in [6.45, 7) is 2.90. The molecule has 0 bridgehead atoms. The maximum atomic E-state index is 5.66. The van der Waals surface area contributed by atoms with Crippen LogP contribution in [0, 0.1) is 5.92 Å². The van der Waals surface area contributed by atoms with Crippen molar-refractivity contribution in [3.63, 3.8) is 0 Å². The Morgan fingerprint density at radius 3 is 2.93 bits per heavy atom. The van der Waals surface area contributed by atoms with E-state index in [2.05, 4.69) is 15.3 Å². The molecule has 1 aromatic heterocycles. The van der Waals surface area contributed by atoms with Crippen molar-refractivity contribution in [1.29, 1.82) is 0 Å². The lowest BCUT2D eigenvalue weighted by molar-refractivity contribution is 0.263. The highest BCUT2D eigenvalue weighted by Gasteiger charge is 2.14. The maximum absolute atomic E-state index is 5.66. The van der Waals surface area contributed by atoms with Crippen LogP contribution in [0.3, 0.4) is 0 Å². The quantitative estimate of drug-likeness (QED) is 0.847. The lowest BCUT2D eigenvalue weighted by atomic mass is 10.1. The first-order valence-corrected chi connectivity index (χ1v) is 5.53. The van der Waals surface area contributed by atoms with E-state index in [-0.39, 0.29) is 0 Å². The van der Waals surface area contributed by atoms with Gasteiger partial charge in [-0.2, -0.15) is 0 Å². The van der Waals surface area contributed by atoms with Crippen LogP contribution < -0.4 is 10.1 Å². The van der Waals surface area contributed by atoms with E-state index in [1.54, 1.807) is 12.4 Å². The maximum Gasteiger partial charge on any atom is 0.316 e. The lowest BCUT2D eigenvalue weighted by Gasteiger charge is -2.08. The number of nitrogens with one attached hydrogen (secondary N) is 1. The van der Waals surface area contributed by atoms with Crippen molar-refractivity contribution in [2.24, 2.45) is 5.92 Å². The summed E-state index contributed by atoms with van der Waals surface area (Å²) in [6.07, 6.45) is 5.38. The fourth-order valence-corrected chi connectivity index (χ4v) is 1.75. The summed E-state index contributed by atoms with van der Waals surface area (Å²) in [4.78, 5) is 7.92. The first kappa shape index (κ1) is 10.6. The number of hydrogen-bond donors (Lipinski definition) is 1. The second kappa shape index (κ2) is 5.28. The van der Waals surface area contributed by atoms with E-state index in [1.807, 2.05) is 0 Å². The van der Waals surface area contributed by atoms with Crippen LogP contribution in [0.15, 0.2) is 12.4 Å². The van der Waals surface area contributed by atoms with Gasteiger partial charge in [-0.1, -0.05) is 11.6 Å². The van der Waals surface area contributed by atoms with E-state index in [9.17, 15) is 0 Å². The van der Waals surface area contributed by atoms with Crippen molar-refractivity contribution in [1.82, 2.24) is 15.3 Å². The molecule has 1 unspecified atom stereocenters. The van der Waals surface area contributed by atoms with Crippen molar-refractivity contribution >= 4 is 11.6 Å². The minimum absolute atomic E-state index is 0.408. The van der Waals surface area contributed by atoms with Gasteiger partial charge in [0.2, 0.25) is 0 Å². The Morgan fingerprint density at radius 1 is 1.47 bits per heavy atom. The van der Waals surface area contributed by atoms with E-state index in [1.165, 1.54) is 6.42 Å². The molecule has 1 aliphatic rings. The predicted molar refractivity (Wildman–Crippen MR) is 58.1 cm³/mol. The van der Waals surface area contributed by atoms with Crippen LogP contribution in [0.4, 0.5) is 0 Å². The Hall–Kier alpha value is -0.870. The summed E-state index contributed by atoms with van der Waals surface area (Å²) in [5, 5.41) is 3.85. The molecule has 0 spiro atoms. The highest BCUT2D eigenvalue weighted by molar-refractivity contribution is 6.30. The van der Waals surface area contributed by atoms with Gasteiger partial charge in [-0.15, -0.1) is 0 Å². The van der Waals surface area contributed by atoms with Gasteiger partial charge in [0.15, 0.2) is 0 Å². The van der Waals surface area contributed by atoms with E-state index >= 15 is 0 Å². The molecule has 2 rings (SSSR count). The largest absolute Gasteiger partial charge is 0.463 e. The second-order valence-electron chi connectivity index (χ2n) is 3.68. The van der Waals surface area contributed by atoms with E-state index < -0.39 is 0 Å². The Labute approximate surface area is 94.0 Å². The highest BCUT2D eigenvalue weighted by atomic mass is 35.5. The van der Waals surface area contributed by atoms with E-state index in [0.29, 0.717) is 17.6 Å². The monoisotopic (exact) mass is 227 g/mol. The molecule has 0 amide bonds. The van der Waals surface area contributed by atoms with Gasteiger partial charge in [0, 0.05) is 0 Å². The average Bonchev–Trinajstić information content (AvgIpc) is 2.74. The zero-order chi connectivity index (χ0) is 10.5. The van der Waals surface area contributed by atoms with Gasteiger partial charge in [-0.3, -0.25) is 0 Å². The van der Waals surface area contributed by atoms with Crippen LogP contribution in [-0.2, 0) is 0 Å². The van der Waals surface area contributed by atoms with Gasteiger partial charge in [0.1, 0.15) is 0 Å². The molecule has 1 atom stereocenters. The van der Waals surface area contributed by atoms with Gasteiger partial charge in [0.05, 0.1) is 24.0 Å². The normalized spacial score (nSPS) is 20.5. The fourth-order valence-electron chi connectivity index (χ4n) is 1.65. The van der Waals surface area contributed by atoms with E-state index in [0.717, 1.165) is 25.4 Å². The molecule has 1 fully saturated rings. The third kappa shape index (κ3) is 3.32. The summed E-state index contributed by atoms with van der Waals surface area (Å²) in [5.41, 5.74) is 0. The molecule has 0 aliphatic carbocycles. The van der Waals surface area contributed by atoms with Crippen LogP contribution in [0.1, 0.15) is 12.8 Å². The van der Waals surface area contributed by atoms with Gasteiger partial charge in [0.25, 0.3) is 0 Å². The molecule has 15 heavy (non-hydrogen) atoms. The number of ether oxygens (including phenoxy) is 1. The van der Waals surface area contributed by atoms with Crippen LogP contribution in [-0.4, -0.2) is 29.7 Å². The molecule has 1 aliphatic heterocycles. The minimum Gasteiger partial charge on any atom is -0.463 e. The summed E-state index contributed by atoms with van der Waals surface area (Å²) < 4.78 is 5.41. The van der Waals surface area contributed by atoms with Crippen LogP contribution in [0.2, 0.25) is 5.02 Å². The first-order chi connectivity index (χ1) is 7.34. The van der Waals surface area contributed by atoms with E-state index in [4.69, 9.17) is 16.3 Å². The Bertz CT molecular complexity index is 298. The van der Waals surface area contributed by atoms with Crippen molar-refractivity contribution in [2.75, 3.05) is 19.7 Å². The second-order valence-corrected chi connectivity index (χ2v) is 4.12. The predicted octanol–water partition coefficient (Wildman–Crippen LogP) is 1.51. The Balaban J connectivity index is 1.71. The number of aromatic nitrogens is 2. The zero-order valence-corrected chi connectivity index (χ0v) is 9.20. The van der Waals surface area contributed by atoms with Crippen LogP contribution in [0.5, 0.6) is 6.01 Å². The molecular weight excluding hydrogens is 214 g/mol. The number of halogens is 1. The highest BCUT2D eigenvalue weighted by Crippen LogP contribution is 2.13.